The number of benzene rings is 1. The minimum Gasteiger partial charge on any atom is -0.293 e. The van der Waals surface area contributed by atoms with Crippen molar-refractivity contribution < 1.29 is 4.39 Å². The Balaban J connectivity index is 2.35. The average Bonchev–Trinajstić information content (AvgIpc) is 2.90. The fourth-order valence-corrected chi connectivity index (χ4v) is 3.07. The van der Waals surface area contributed by atoms with Crippen molar-refractivity contribution in [2.24, 2.45) is 7.05 Å². The van der Waals surface area contributed by atoms with E-state index in [2.05, 4.69) is 10.1 Å². The zero-order valence-electron chi connectivity index (χ0n) is 11.6. The molecule has 0 amide bonds. The monoisotopic (exact) mass is 418 g/mol. The van der Waals surface area contributed by atoms with Crippen LogP contribution in [-0.4, -0.2) is 25.2 Å². The molecular formula is C14H13ClFIN4. The van der Waals surface area contributed by atoms with E-state index < -0.39 is 0 Å². The van der Waals surface area contributed by atoms with Crippen molar-refractivity contribution in [1.29, 1.82) is 0 Å². The highest BCUT2D eigenvalue weighted by Gasteiger charge is 2.17. The first-order valence-corrected chi connectivity index (χ1v) is 8.05. The smallest absolute Gasteiger partial charge is 0.138 e. The van der Waals surface area contributed by atoms with Crippen LogP contribution in [0.3, 0.4) is 0 Å². The van der Waals surface area contributed by atoms with Crippen molar-refractivity contribution in [1.82, 2.24) is 19.3 Å². The standard InChI is InChI=1S/C14H13ClFIN4/c1-8-13(7-20(2)19-8)21-12-5-9(16)10(17)6-11(12)18-14(21)3-4-15/h5-7H,3-4H2,1-2H3. The van der Waals surface area contributed by atoms with Crippen LogP contribution in [0.1, 0.15) is 11.5 Å². The van der Waals surface area contributed by atoms with Crippen LogP contribution in [0.25, 0.3) is 16.7 Å². The summed E-state index contributed by atoms with van der Waals surface area (Å²) in [6.07, 6.45) is 2.52. The molecule has 2 aromatic heterocycles. The van der Waals surface area contributed by atoms with Gasteiger partial charge in [-0.05, 0) is 35.6 Å². The molecule has 110 valence electrons. The topological polar surface area (TPSA) is 35.6 Å². The van der Waals surface area contributed by atoms with E-state index in [1.54, 1.807) is 10.7 Å². The number of aromatic nitrogens is 4. The van der Waals surface area contributed by atoms with E-state index in [0.29, 0.717) is 15.9 Å². The SMILES string of the molecule is Cc1nn(C)cc1-n1c(CCCl)nc2cc(I)c(F)cc21. The quantitative estimate of drug-likeness (QED) is 0.481. The van der Waals surface area contributed by atoms with Gasteiger partial charge in [0.05, 0.1) is 26.0 Å². The van der Waals surface area contributed by atoms with E-state index in [9.17, 15) is 4.39 Å². The molecule has 0 aliphatic carbocycles. The molecule has 0 atom stereocenters. The van der Waals surface area contributed by atoms with E-state index in [4.69, 9.17) is 11.6 Å². The molecule has 7 heteroatoms. The van der Waals surface area contributed by atoms with Gasteiger partial charge in [0.1, 0.15) is 11.6 Å². The minimum atomic E-state index is -0.247. The van der Waals surface area contributed by atoms with E-state index in [1.165, 1.54) is 6.07 Å². The summed E-state index contributed by atoms with van der Waals surface area (Å²) < 4.78 is 18.2. The third kappa shape index (κ3) is 2.55. The second kappa shape index (κ2) is 5.57. The highest BCUT2D eigenvalue weighted by atomic mass is 127. The van der Waals surface area contributed by atoms with Crippen molar-refractivity contribution in [2.75, 3.05) is 5.88 Å². The van der Waals surface area contributed by atoms with Gasteiger partial charge in [-0.15, -0.1) is 11.6 Å². The summed E-state index contributed by atoms with van der Waals surface area (Å²) >= 11 is 7.85. The predicted octanol–water partition coefficient (Wildman–Crippen LogP) is 3.59. The van der Waals surface area contributed by atoms with E-state index >= 15 is 0 Å². The Morgan fingerprint density at radius 1 is 1.38 bits per heavy atom. The maximum atomic E-state index is 13.9. The maximum Gasteiger partial charge on any atom is 0.138 e. The molecule has 4 nitrogen and oxygen atoms in total. The molecule has 3 rings (SSSR count). The fraction of sp³-hybridized carbons (Fsp3) is 0.286. The summed E-state index contributed by atoms with van der Waals surface area (Å²) in [5, 5.41) is 4.35. The normalized spacial score (nSPS) is 11.5. The van der Waals surface area contributed by atoms with Gasteiger partial charge in [-0.25, -0.2) is 9.37 Å². The zero-order chi connectivity index (χ0) is 15.1. The number of rotatable bonds is 3. The van der Waals surface area contributed by atoms with Gasteiger partial charge in [0.25, 0.3) is 0 Å². The van der Waals surface area contributed by atoms with Gasteiger partial charge in [-0.1, -0.05) is 0 Å². The molecule has 0 N–H and O–H groups in total. The first-order valence-electron chi connectivity index (χ1n) is 6.44. The molecule has 0 radical (unpaired) electrons. The molecule has 21 heavy (non-hydrogen) atoms. The Kier molecular flexibility index (Phi) is 3.92. The van der Waals surface area contributed by atoms with E-state index in [0.717, 1.165) is 28.2 Å². The molecular weight excluding hydrogens is 406 g/mol. The molecule has 0 unspecified atom stereocenters. The molecule has 1 aromatic carbocycles. The molecule has 0 saturated carbocycles. The second-order valence-electron chi connectivity index (χ2n) is 4.83. The summed E-state index contributed by atoms with van der Waals surface area (Å²) in [5.74, 6) is 1.03. The van der Waals surface area contributed by atoms with E-state index in [1.807, 2.05) is 47.3 Å². The van der Waals surface area contributed by atoms with Crippen LogP contribution in [0.2, 0.25) is 0 Å². The summed E-state index contributed by atoms with van der Waals surface area (Å²) in [4.78, 5) is 4.60. The molecule has 3 aromatic rings. The van der Waals surface area contributed by atoms with E-state index in [-0.39, 0.29) is 5.82 Å². The molecule has 0 fully saturated rings. The third-order valence-corrected chi connectivity index (χ3v) is 4.33. The number of fused-ring (bicyclic) bond motifs is 1. The van der Waals surface area contributed by atoms with Gasteiger partial charge in [-0.3, -0.25) is 9.25 Å². The lowest BCUT2D eigenvalue weighted by Crippen LogP contribution is -2.03. The summed E-state index contributed by atoms with van der Waals surface area (Å²) in [6, 6.07) is 3.28. The second-order valence-corrected chi connectivity index (χ2v) is 6.37. The third-order valence-electron chi connectivity index (χ3n) is 3.31. The number of nitrogens with zero attached hydrogens (tertiary/aromatic N) is 4. The van der Waals surface area contributed by atoms with Crippen molar-refractivity contribution in [3.8, 4) is 5.69 Å². The van der Waals surface area contributed by atoms with Crippen LogP contribution in [0.5, 0.6) is 0 Å². The Morgan fingerprint density at radius 3 is 2.76 bits per heavy atom. The highest BCUT2D eigenvalue weighted by Crippen LogP contribution is 2.26. The van der Waals surface area contributed by atoms with Crippen molar-refractivity contribution in [3.05, 3.63) is 39.2 Å². The van der Waals surface area contributed by atoms with Gasteiger partial charge >= 0.3 is 0 Å². The molecule has 0 spiro atoms. The van der Waals surface area contributed by atoms with Crippen LogP contribution in [-0.2, 0) is 13.5 Å². The first kappa shape index (κ1) is 14.8. The van der Waals surface area contributed by atoms with Gasteiger partial charge in [0.2, 0.25) is 0 Å². The molecule has 0 aliphatic heterocycles. The van der Waals surface area contributed by atoms with Crippen LogP contribution in [0, 0.1) is 16.3 Å². The van der Waals surface area contributed by atoms with Crippen molar-refractivity contribution >= 4 is 45.2 Å². The molecule has 0 aliphatic rings. The lowest BCUT2D eigenvalue weighted by molar-refractivity contribution is 0.621. The van der Waals surface area contributed by atoms with Crippen LogP contribution >= 0.6 is 34.2 Å². The number of aryl methyl sites for hydroxylation is 3. The Hall–Kier alpha value is -1.15. The maximum absolute atomic E-state index is 13.9. The number of imidazole rings is 1. The van der Waals surface area contributed by atoms with Gasteiger partial charge in [0, 0.05) is 31.6 Å². The van der Waals surface area contributed by atoms with Crippen molar-refractivity contribution in [3.63, 3.8) is 0 Å². The Bertz CT molecular complexity index is 824. The summed E-state index contributed by atoms with van der Waals surface area (Å²) in [5.41, 5.74) is 3.28. The highest BCUT2D eigenvalue weighted by molar-refractivity contribution is 14.1. The van der Waals surface area contributed by atoms with Gasteiger partial charge in [-0.2, -0.15) is 5.10 Å². The predicted molar refractivity (Wildman–Crippen MR) is 89.7 cm³/mol. The van der Waals surface area contributed by atoms with Crippen LogP contribution in [0.4, 0.5) is 4.39 Å². The van der Waals surface area contributed by atoms with Crippen LogP contribution in [0.15, 0.2) is 18.3 Å². The summed E-state index contributed by atoms with van der Waals surface area (Å²) in [7, 11) is 1.86. The lowest BCUT2D eigenvalue weighted by atomic mass is 10.3. The molecule has 0 saturated heterocycles. The lowest BCUT2D eigenvalue weighted by Gasteiger charge is -2.07. The molecule has 2 heterocycles. The van der Waals surface area contributed by atoms with Gasteiger partial charge in [0.15, 0.2) is 0 Å². The number of halogens is 3. The number of hydrogen-bond donors (Lipinski definition) is 0. The zero-order valence-corrected chi connectivity index (χ0v) is 14.5. The average molecular weight is 419 g/mol. The molecule has 0 bridgehead atoms. The minimum absolute atomic E-state index is 0.247. The first-order chi connectivity index (χ1) is 10.0. The summed E-state index contributed by atoms with van der Waals surface area (Å²) in [6.45, 7) is 1.93. The van der Waals surface area contributed by atoms with Crippen LogP contribution < -0.4 is 0 Å². The van der Waals surface area contributed by atoms with Gasteiger partial charge < -0.3 is 0 Å². The fourth-order valence-electron chi connectivity index (χ4n) is 2.45. The number of alkyl halides is 1. The Labute approximate surface area is 140 Å². The number of hydrogen-bond acceptors (Lipinski definition) is 2. The van der Waals surface area contributed by atoms with Crippen molar-refractivity contribution in [2.45, 2.75) is 13.3 Å². The Morgan fingerprint density at radius 2 is 2.14 bits per heavy atom. The largest absolute Gasteiger partial charge is 0.293 e.